The summed E-state index contributed by atoms with van der Waals surface area (Å²) in [5, 5.41) is 10.6. The van der Waals surface area contributed by atoms with Gasteiger partial charge in [-0.3, -0.25) is 10.1 Å². The molecular weight excluding hydrogens is 306 g/mol. The summed E-state index contributed by atoms with van der Waals surface area (Å²) < 4.78 is 5.98. The molecule has 0 aliphatic carbocycles. The quantitative estimate of drug-likeness (QED) is 0.623. The molecule has 0 aliphatic heterocycles. The second-order valence-corrected chi connectivity index (χ2v) is 3.97. The van der Waals surface area contributed by atoms with Crippen LogP contribution in [-0.2, 0) is 0 Å². The molecule has 0 unspecified atom stereocenters. The average molecular weight is 311 g/mol. The summed E-state index contributed by atoms with van der Waals surface area (Å²) in [6.07, 6.45) is 0. The van der Waals surface area contributed by atoms with E-state index < -0.39 is 4.92 Å². The molecule has 13 heavy (non-hydrogen) atoms. The summed E-state index contributed by atoms with van der Waals surface area (Å²) in [6.45, 7) is 0. The van der Waals surface area contributed by atoms with Gasteiger partial charge in [0.1, 0.15) is 4.47 Å². The van der Waals surface area contributed by atoms with Gasteiger partial charge >= 0.3 is 5.69 Å². The molecule has 1 aromatic carbocycles. The summed E-state index contributed by atoms with van der Waals surface area (Å²) >= 11 is 6.29. The van der Waals surface area contributed by atoms with E-state index in [4.69, 9.17) is 4.74 Å². The molecule has 0 aromatic heterocycles. The highest BCUT2D eigenvalue weighted by molar-refractivity contribution is 9.11. The van der Waals surface area contributed by atoms with Crippen molar-refractivity contribution in [3.05, 3.63) is 31.2 Å². The van der Waals surface area contributed by atoms with Gasteiger partial charge in [-0.2, -0.15) is 0 Å². The van der Waals surface area contributed by atoms with Crippen molar-refractivity contribution in [2.24, 2.45) is 0 Å². The standard InChI is InChI=1S/C7H5Br2NO3/c1-13-6-3-4(8)2-5(9)7(6)10(11)12/h2-3H,1H3. The van der Waals surface area contributed by atoms with Gasteiger partial charge in [0.25, 0.3) is 0 Å². The predicted octanol–water partition coefficient (Wildman–Crippen LogP) is 3.13. The Bertz CT molecular complexity index is 354. The van der Waals surface area contributed by atoms with Crippen molar-refractivity contribution < 1.29 is 9.66 Å². The molecule has 0 aliphatic rings. The van der Waals surface area contributed by atoms with Crippen molar-refractivity contribution in [1.82, 2.24) is 0 Å². The molecule has 0 radical (unpaired) electrons. The molecule has 0 fully saturated rings. The Hall–Kier alpha value is -0.620. The molecule has 70 valence electrons. The second-order valence-electron chi connectivity index (χ2n) is 2.20. The van der Waals surface area contributed by atoms with Crippen LogP contribution in [0.25, 0.3) is 0 Å². The summed E-state index contributed by atoms with van der Waals surface area (Å²) in [5.74, 6) is 0.228. The Labute approximate surface area is 91.3 Å². The minimum Gasteiger partial charge on any atom is -0.490 e. The Balaban J connectivity index is 3.38. The number of rotatable bonds is 2. The van der Waals surface area contributed by atoms with Gasteiger partial charge in [0.05, 0.1) is 12.0 Å². The maximum Gasteiger partial charge on any atom is 0.325 e. The van der Waals surface area contributed by atoms with Crippen molar-refractivity contribution in [1.29, 1.82) is 0 Å². The highest BCUT2D eigenvalue weighted by Crippen LogP contribution is 2.37. The molecule has 0 amide bonds. The number of halogens is 2. The zero-order chi connectivity index (χ0) is 10.0. The number of nitrogens with zero attached hydrogens (tertiary/aromatic N) is 1. The third kappa shape index (κ3) is 2.19. The van der Waals surface area contributed by atoms with Crippen LogP contribution in [0.5, 0.6) is 5.75 Å². The lowest BCUT2D eigenvalue weighted by molar-refractivity contribution is -0.386. The van der Waals surface area contributed by atoms with Gasteiger partial charge < -0.3 is 4.74 Å². The maximum atomic E-state index is 10.6. The number of benzene rings is 1. The Morgan fingerprint density at radius 3 is 2.54 bits per heavy atom. The Kier molecular flexibility index (Phi) is 3.27. The fourth-order valence-electron chi connectivity index (χ4n) is 0.875. The molecule has 1 rings (SSSR count). The molecule has 6 heteroatoms. The minimum atomic E-state index is -0.491. The van der Waals surface area contributed by atoms with E-state index in [0.29, 0.717) is 4.47 Å². The van der Waals surface area contributed by atoms with Crippen LogP contribution in [0.15, 0.2) is 21.1 Å². The van der Waals surface area contributed by atoms with Crippen molar-refractivity contribution in [2.45, 2.75) is 0 Å². The summed E-state index contributed by atoms with van der Waals surface area (Å²) in [4.78, 5) is 10.1. The highest BCUT2D eigenvalue weighted by Gasteiger charge is 2.19. The van der Waals surface area contributed by atoms with Crippen LogP contribution in [0.3, 0.4) is 0 Å². The van der Waals surface area contributed by atoms with Crippen LogP contribution in [0, 0.1) is 10.1 Å². The molecule has 0 saturated carbocycles. The van der Waals surface area contributed by atoms with E-state index in [0.717, 1.165) is 4.47 Å². The zero-order valence-electron chi connectivity index (χ0n) is 6.58. The summed E-state index contributed by atoms with van der Waals surface area (Å²) in [5.41, 5.74) is -0.0642. The number of methoxy groups -OCH3 is 1. The highest BCUT2D eigenvalue weighted by atomic mass is 79.9. The first kappa shape index (κ1) is 10.5. The molecular formula is C7H5Br2NO3. The van der Waals surface area contributed by atoms with Crippen molar-refractivity contribution >= 4 is 37.5 Å². The zero-order valence-corrected chi connectivity index (χ0v) is 9.75. The molecule has 0 saturated heterocycles. The number of hydrogen-bond acceptors (Lipinski definition) is 3. The van der Waals surface area contributed by atoms with Gasteiger partial charge in [-0.15, -0.1) is 0 Å². The van der Waals surface area contributed by atoms with Crippen molar-refractivity contribution in [2.75, 3.05) is 7.11 Å². The molecule has 1 aromatic rings. The number of hydrogen-bond donors (Lipinski definition) is 0. The summed E-state index contributed by atoms with van der Waals surface area (Å²) in [7, 11) is 1.39. The first-order valence-corrected chi connectivity index (χ1v) is 4.82. The van der Waals surface area contributed by atoms with E-state index in [9.17, 15) is 10.1 Å². The van der Waals surface area contributed by atoms with Crippen molar-refractivity contribution in [3.63, 3.8) is 0 Å². The van der Waals surface area contributed by atoms with Crippen molar-refractivity contribution in [3.8, 4) is 5.75 Å². The lowest BCUT2D eigenvalue weighted by Gasteiger charge is -2.03. The lowest BCUT2D eigenvalue weighted by Crippen LogP contribution is -1.94. The SMILES string of the molecule is COc1cc(Br)cc(Br)c1[N+](=O)[O-]. The van der Waals surface area contributed by atoms with Crippen LogP contribution in [-0.4, -0.2) is 12.0 Å². The van der Waals surface area contributed by atoms with Gasteiger partial charge in [0.15, 0.2) is 5.75 Å². The van der Waals surface area contributed by atoms with E-state index in [-0.39, 0.29) is 11.4 Å². The lowest BCUT2D eigenvalue weighted by atomic mass is 10.3. The van der Waals surface area contributed by atoms with Gasteiger partial charge in [0, 0.05) is 10.5 Å². The molecule has 0 heterocycles. The Morgan fingerprint density at radius 1 is 1.46 bits per heavy atom. The number of ether oxygens (including phenoxy) is 1. The number of nitro groups is 1. The van der Waals surface area contributed by atoms with E-state index in [1.807, 2.05) is 0 Å². The monoisotopic (exact) mass is 309 g/mol. The maximum absolute atomic E-state index is 10.6. The molecule has 4 nitrogen and oxygen atoms in total. The van der Waals surface area contributed by atoms with Gasteiger partial charge in [-0.25, -0.2) is 0 Å². The third-order valence-corrected chi connectivity index (χ3v) is 2.46. The van der Waals surface area contributed by atoms with Crippen LogP contribution in [0.4, 0.5) is 5.69 Å². The third-order valence-electron chi connectivity index (χ3n) is 1.40. The fraction of sp³-hybridized carbons (Fsp3) is 0.143. The topological polar surface area (TPSA) is 52.4 Å². The first-order chi connectivity index (χ1) is 6.06. The normalized spacial score (nSPS) is 9.77. The van der Waals surface area contributed by atoms with Gasteiger partial charge in [0.2, 0.25) is 0 Å². The van der Waals surface area contributed by atoms with E-state index >= 15 is 0 Å². The van der Waals surface area contributed by atoms with E-state index in [1.54, 1.807) is 12.1 Å². The Morgan fingerprint density at radius 2 is 2.08 bits per heavy atom. The van der Waals surface area contributed by atoms with Crippen LogP contribution in [0.1, 0.15) is 0 Å². The largest absolute Gasteiger partial charge is 0.490 e. The smallest absolute Gasteiger partial charge is 0.325 e. The molecule has 0 N–H and O–H groups in total. The molecule has 0 spiro atoms. The van der Waals surface area contributed by atoms with Crippen LogP contribution >= 0.6 is 31.9 Å². The van der Waals surface area contributed by atoms with Crippen LogP contribution < -0.4 is 4.74 Å². The van der Waals surface area contributed by atoms with Gasteiger partial charge in [-0.1, -0.05) is 15.9 Å². The average Bonchev–Trinajstić information content (AvgIpc) is 2.01. The fourth-order valence-corrected chi connectivity index (χ4v) is 2.21. The predicted molar refractivity (Wildman–Crippen MR) is 55.0 cm³/mol. The van der Waals surface area contributed by atoms with Gasteiger partial charge in [-0.05, 0) is 22.0 Å². The summed E-state index contributed by atoms with van der Waals surface area (Å²) in [6, 6.07) is 3.14. The first-order valence-electron chi connectivity index (χ1n) is 3.23. The minimum absolute atomic E-state index is 0.0642. The second kappa shape index (κ2) is 4.06. The molecule has 0 atom stereocenters. The van der Waals surface area contributed by atoms with E-state index in [2.05, 4.69) is 31.9 Å². The van der Waals surface area contributed by atoms with E-state index in [1.165, 1.54) is 7.11 Å². The van der Waals surface area contributed by atoms with Crippen LogP contribution in [0.2, 0.25) is 0 Å². The molecule has 0 bridgehead atoms. The number of nitro benzene ring substituents is 1.